The maximum Gasteiger partial charge on any atom is 0.276 e. The lowest BCUT2D eigenvalue weighted by atomic mass is 9.99. The molecule has 0 aliphatic rings. The minimum Gasteiger partial charge on any atom is -0.489 e. The number of nitro groups is 1. The second kappa shape index (κ2) is 5.93. The van der Waals surface area contributed by atoms with Gasteiger partial charge in [0.15, 0.2) is 0 Å². The number of rotatable bonds is 5. The fourth-order valence-corrected chi connectivity index (χ4v) is 1.93. The van der Waals surface area contributed by atoms with Gasteiger partial charge in [-0.25, -0.2) is 0 Å². The molecule has 1 N–H and O–H groups in total. The highest BCUT2D eigenvalue weighted by atomic mass is 16.6. The molecule has 0 unspecified atom stereocenters. The molecular formula is C16H17NO4. The van der Waals surface area contributed by atoms with Crippen LogP contribution < -0.4 is 4.74 Å². The first kappa shape index (κ1) is 15.0. The molecule has 2 aromatic carbocycles. The van der Waals surface area contributed by atoms with Gasteiger partial charge in [0.2, 0.25) is 0 Å². The Kier molecular flexibility index (Phi) is 4.23. The molecule has 5 heteroatoms. The molecule has 0 aliphatic heterocycles. The van der Waals surface area contributed by atoms with Gasteiger partial charge in [0, 0.05) is 6.07 Å². The number of nitro benzene ring substituents is 1. The van der Waals surface area contributed by atoms with Crippen molar-refractivity contribution in [2.75, 3.05) is 0 Å². The van der Waals surface area contributed by atoms with E-state index in [1.54, 1.807) is 56.3 Å². The smallest absolute Gasteiger partial charge is 0.276 e. The lowest BCUT2D eigenvalue weighted by molar-refractivity contribution is -0.385. The summed E-state index contributed by atoms with van der Waals surface area (Å²) in [4.78, 5) is 10.5. The molecule has 0 amide bonds. The maximum absolute atomic E-state index is 10.9. The fraction of sp³-hybridized carbons (Fsp3) is 0.250. The van der Waals surface area contributed by atoms with Crippen LogP contribution in [0.1, 0.15) is 25.0 Å². The Labute approximate surface area is 123 Å². The van der Waals surface area contributed by atoms with Crippen molar-refractivity contribution < 1.29 is 14.8 Å². The van der Waals surface area contributed by atoms with Gasteiger partial charge in [0.25, 0.3) is 5.69 Å². The highest BCUT2D eigenvalue weighted by molar-refractivity contribution is 5.39. The van der Waals surface area contributed by atoms with Crippen LogP contribution in [0.15, 0.2) is 48.5 Å². The number of hydrogen-bond acceptors (Lipinski definition) is 4. The van der Waals surface area contributed by atoms with E-state index in [9.17, 15) is 15.2 Å². The minimum absolute atomic E-state index is 0.0469. The van der Waals surface area contributed by atoms with E-state index < -0.39 is 10.5 Å². The van der Waals surface area contributed by atoms with Crippen molar-refractivity contribution in [3.63, 3.8) is 0 Å². The molecule has 0 saturated carbocycles. The monoisotopic (exact) mass is 287 g/mol. The van der Waals surface area contributed by atoms with E-state index in [0.29, 0.717) is 11.3 Å². The van der Waals surface area contributed by atoms with E-state index in [1.807, 2.05) is 0 Å². The summed E-state index contributed by atoms with van der Waals surface area (Å²) < 4.78 is 5.56. The summed E-state index contributed by atoms with van der Waals surface area (Å²) in [6, 6.07) is 13.5. The van der Waals surface area contributed by atoms with Crippen molar-refractivity contribution >= 4 is 5.69 Å². The van der Waals surface area contributed by atoms with Crippen molar-refractivity contribution in [1.29, 1.82) is 0 Å². The molecule has 5 nitrogen and oxygen atoms in total. The molecule has 0 aromatic heterocycles. The molecule has 0 fully saturated rings. The van der Waals surface area contributed by atoms with Crippen LogP contribution >= 0.6 is 0 Å². The second-order valence-corrected chi connectivity index (χ2v) is 5.26. The Hall–Kier alpha value is -2.40. The van der Waals surface area contributed by atoms with Gasteiger partial charge in [0.1, 0.15) is 12.4 Å². The highest BCUT2D eigenvalue weighted by Gasteiger charge is 2.16. The number of ether oxygens (including phenoxy) is 1. The standard InChI is InChI=1S/C16H17NO4/c1-16(2,18)13-7-9-14(10-8-13)21-11-12-5-3-4-6-15(12)17(19)20/h3-10,18H,11H2,1-2H3. The number of hydrogen-bond donors (Lipinski definition) is 1. The molecule has 110 valence electrons. The van der Waals surface area contributed by atoms with Crippen LogP contribution in [0, 0.1) is 10.1 Å². The average Bonchev–Trinajstić information content (AvgIpc) is 2.45. The molecule has 0 heterocycles. The molecule has 21 heavy (non-hydrogen) atoms. The summed E-state index contributed by atoms with van der Waals surface area (Å²) >= 11 is 0. The van der Waals surface area contributed by atoms with Crippen LogP contribution in [0.5, 0.6) is 5.75 Å². The zero-order valence-corrected chi connectivity index (χ0v) is 11.9. The van der Waals surface area contributed by atoms with E-state index in [2.05, 4.69) is 0 Å². The summed E-state index contributed by atoms with van der Waals surface area (Å²) in [6.07, 6.45) is 0. The summed E-state index contributed by atoms with van der Waals surface area (Å²) in [5.74, 6) is 0.598. The fourth-order valence-electron chi connectivity index (χ4n) is 1.93. The molecule has 2 rings (SSSR count). The van der Waals surface area contributed by atoms with Crippen molar-refractivity contribution in [2.45, 2.75) is 26.1 Å². The molecular weight excluding hydrogens is 270 g/mol. The van der Waals surface area contributed by atoms with Crippen molar-refractivity contribution in [3.8, 4) is 5.75 Å². The minimum atomic E-state index is -0.906. The molecule has 0 aliphatic carbocycles. The first-order chi connectivity index (χ1) is 9.88. The number of nitrogens with zero attached hydrogens (tertiary/aromatic N) is 1. The summed E-state index contributed by atoms with van der Waals surface area (Å²) in [7, 11) is 0. The Morgan fingerprint density at radius 3 is 2.33 bits per heavy atom. The van der Waals surface area contributed by atoms with Crippen molar-refractivity contribution in [2.24, 2.45) is 0 Å². The van der Waals surface area contributed by atoms with Crippen LogP contribution in [0.3, 0.4) is 0 Å². The summed E-state index contributed by atoms with van der Waals surface area (Å²) in [5.41, 5.74) is 0.441. The first-order valence-electron chi connectivity index (χ1n) is 6.56. The summed E-state index contributed by atoms with van der Waals surface area (Å²) in [5, 5.41) is 20.8. The average molecular weight is 287 g/mol. The number of para-hydroxylation sites is 1. The Morgan fingerprint density at radius 2 is 1.76 bits per heavy atom. The van der Waals surface area contributed by atoms with Gasteiger partial charge >= 0.3 is 0 Å². The second-order valence-electron chi connectivity index (χ2n) is 5.26. The van der Waals surface area contributed by atoms with Crippen LogP contribution in [0.4, 0.5) is 5.69 Å². The van der Waals surface area contributed by atoms with E-state index >= 15 is 0 Å². The van der Waals surface area contributed by atoms with Crippen LogP contribution in [-0.2, 0) is 12.2 Å². The predicted molar refractivity (Wildman–Crippen MR) is 79.1 cm³/mol. The Balaban J connectivity index is 2.09. The zero-order valence-electron chi connectivity index (χ0n) is 11.9. The Bertz CT molecular complexity index is 629. The molecule has 0 atom stereocenters. The van der Waals surface area contributed by atoms with E-state index in [1.165, 1.54) is 6.07 Å². The van der Waals surface area contributed by atoms with Gasteiger partial charge in [-0.3, -0.25) is 10.1 Å². The van der Waals surface area contributed by atoms with E-state index in [4.69, 9.17) is 4.74 Å². The van der Waals surface area contributed by atoms with Crippen molar-refractivity contribution in [1.82, 2.24) is 0 Å². The zero-order chi connectivity index (χ0) is 15.5. The van der Waals surface area contributed by atoms with Gasteiger partial charge in [-0.05, 0) is 37.6 Å². The third-order valence-corrected chi connectivity index (χ3v) is 3.14. The van der Waals surface area contributed by atoms with Crippen LogP contribution in [-0.4, -0.2) is 10.0 Å². The lowest BCUT2D eigenvalue weighted by Crippen LogP contribution is -2.14. The number of benzene rings is 2. The molecule has 0 saturated heterocycles. The first-order valence-corrected chi connectivity index (χ1v) is 6.56. The Morgan fingerprint density at radius 1 is 1.14 bits per heavy atom. The molecule has 0 spiro atoms. The number of aliphatic hydroxyl groups is 1. The normalized spacial score (nSPS) is 11.2. The van der Waals surface area contributed by atoms with E-state index in [-0.39, 0.29) is 12.3 Å². The van der Waals surface area contributed by atoms with Crippen LogP contribution in [0.2, 0.25) is 0 Å². The van der Waals surface area contributed by atoms with Crippen molar-refractivity contribution in [3.05, 3.63) is 69.8 Å². The quantitative estimate of drug-likeness (QED) is 0.675. The van der Waals surface area contributed by atoms with Gasteiger partial charge in [-0.2, -0.15) is 0 Å². The van der Waals surface area contributed by atoms with Gasteiger partial charge in [-0.15, -0.1) is 0 Å². The maximum atomic E-state index is 10.9. The van der Waals surface area contributed by atoms with Crippen LogP contribution in [0.25, 0.3) is 0 Å². The highest BCUT2D eigenvalue weighted by Crippen LogP contribution is 2.24. The lowest BCUT2D eigenvalue weighted by Gasteiger charge is -2.18. The molecule has 0 bridgehead atoms. The van der Waals surface area contributed by atoms with Gasteiger partial charge < -0.3 is 9.84 Å². The third kappa shape index (κ3) is 3.79. The van der Waals surface area contributed by atoms with E-state index in [0.717, 1.165) is 5.56 Å². The SMILES string of the molecule is CC(C)(O)c1ccc(OCc2ccccc2[N+](=O)[O-])cc1. The van der Waals surface area contributed by atoms with Gasteiger partial charge in [0.05, 0.1) is 16.1 Å². The largest absolute Gasteiger partial charge is 0.489 e. The topological polar surface area (TPSA) is 72.6 Å². The predicted octanol–water partition coefficient (Wildman–Crippen LogP) is 3.40. The third-order valence-electron chi connectivity index (χ3n) is 3.14. The molecule has 0 radical (unpaired) electrons. The summed E-state index contributed by atoms with van der Waals surface area (Å²) in [6.45, 7) is 3.53. The molecule has 2 aromatic rings. The van der Waals surface area contributed by atoms with Gasteiger partial charge in [-0.1, -0.05) is 24.3 Å².